The number of rotatable bonds is 10. The fourth-order valence-electron chi connectivity index (χ4n) is 2.83. The number of hydrogen-bond donors (Lipinski definition) is 1. The van der Waals surface area contributed by atoms with Gasteiger partial charge in [-0.1, -0.05) is 6.07 Å². The van der Waals surface area contributed by atoms with E-state index >= 15 is 0 Å². The molecule has 0 aliphatic heterocycles. The van der Waals surface area contributed by atoms with Gasteiger partial charge in [0, 0.05) is 7.05 Å². The average Bonchev–Trinajstić information content (AvgIpc) is 2.73. The zero-order chi connectivity index (χ0) is 22.3. The summed E-state index contributed by atoms with van der Waals surface area (Å²) in [6.45, 7) is 3.83. The first-order chi connectivity index (χ1) is 14.2. The molecule has 1 amide bonds. The molecule has 0 spiro atoms. The molecule has 2 rings (SSSR count). The van der Waals surface area contributed by atoms with E-state index in [-0.39, 0.29) is 17.5 Å². The van der Waals surface area contributed by atoms with Crippen LogP contribution in [-0.2, 0) is 14.8 Å². The minimum Gasteiger partial charge on any atom is -0.494 e. The van der Waals surface area contributed by atoms with Crippen molar-refractivity contribution in [3.8, 4) is 17.2 Å². The van der Waals surface area contributed by atoms with Crippen LogP contribution in [0.1, 0.15) is 25.5 Å². The van der Waals surface area contributed by atoms with Crippen LogP contribution >= 0.6 is 0 Å². The Labute approximate surface area is 177 Å². The van der Waals surface area contributed by atoms with E-state index in [0.717, 1.165) is 9.87 Å². The van der Waals surface area contributed by atoms with Gasteiger partial charge in [0.1, 0.15) is 5.75 Å². The van der Waals surface area contributed by atoms with Gasteiger partial charge in [-0.25, -0.2) is 8.42 Å². The smallest absolute Gasteiger partial charge is 0.243 e. The molecule has 0 saturated carbocycles. The summed E-state index contributed by atoms with van der Waals surface area (Å²) in [4.78, 5) is 12.5. The lowest BCUT2D eigenvalue weighted by molar-refractivity contribution is -0.121. The Balaban J connectivity index is 2.04. The topological polar surface area (TPSA) is 94.2 Å². The van der Waals surface area contributed by atoms with Crippen molar-refractivity contribution in [2.24, 2.45) is 0 Å². The van der Waals surface area contributed by atoms with Gasteiger partial charge in [-0.3, -0.25) is 4.79 Å². The summed E-state index contributed by atoms with van der Waals surface area (Å²) in [7, 11) is 0.640. The van der Waals surface area contributed by atoms with E-state index in [4.69, 9.17) is 14.2 Å². The summed E-state index contributed by atoms with van der Waals surface area (Å²) < 4.78 is 42.3. The summed E-state index contributed by atoms with van der Waals surface area (Å²) in [6, 6.07) is 11.1. The molecule has 0 radical (unpaired) electrons. The molecule has 164 valence electrons. The van der Waals surface area contributed by atoms with Gasteiger partial charge in [-0.2, -0.15) is 4.31 Å². The molecule has 0 aliphatic carbocycles. The maximum absolute atomic E-state index is 12.7. The Kier molecular flexibility index (Phi) is 8.08. The van der Waals surface area contributed by atoms with Crippen molar-refractivity contribution < 1.29 is 27.4 Å². The van der Waals surface area contributed by atoms with E-state index in [1.807, 2.05) is 13.0 Å². The highest BCUT2D eigenvalue weighted by Gasteiger charge is 2.24. The number of nitrogens with zero attached hydrogens (tertiary/aromatic N) is 1. The predicted octanol–water partition coefficient (Wildman–Crippen LogP) is 2.60. The molecule has 30 heavy (non-hydrogen) atoms. The van der Waals surface area contributed by atoms with Crippen LogP contribution in [0.5, 0.6) is 17.2 Å². The Hall–Kier alpha value is -2.78. The third-order valence-electron chi connectivity index (χ3n) is 4.49. The number of carbonyl (C=O) groups is 1. The first-order valence-corrected chi connectivity index (χ1v) is 10.9. The molecule has 1 unspecified atom stereocenters. The van der Waals surface area contributed by atoms with Crippen LogP contribution in [0, 0.1) is 0 Å². The number of hydrogen-bond acceptors (Lipinski definition) is 6. The monoisotopic (exact) mass is 436 g/mol. The van der Waals surface area contributed by atoms with Gasteiger partial charge in [0.25, 0.3) is 0 Å². The zero-order valence-electron chi connectivity index (χ0n) is 17.8. The van der Waals surface area contributed by atoms with Crippen LogP contribution in [0.15, 0.2) is 47.4 Å². The molecule has 2 aromatic rings. The van der Waals surface area contributed by atoms with E-state index in [1.165, 1.54) is 26.3 Å². The Morgan fingerprint density at radius 3 is 2.27 bits per heavy atom. The predicted molar refractivity (Wildman–Crippen MR) is 114 cm³/mol. The lowest BCUT2D eigenvalue weighted by atomic mass is 10.1. The maximum Gasteiger partial charge on any atom is 0.243 e. The van der Waals surface area contributed by atoms with E-state index in [0.29, 0.717) is 23.9 Å². The van der Waals surface area contributed by atoms with Crippen molar-refractivity contribution in [2.75, 3.05) is 34.4 Å². The van der Waals surface area contributed by atoms with Crippen LogP contribution in [0.2, 0.25) is 0 Å². The second-order valence-corrected chi connectivity index (χ2v) is 8.61. The van der Waals surface area contributed by atoms with Crippen molar-refractivity contribution in [3.63, 3.8) is 0 Å². The number of amides is 1. The van der Waals surface area contributed by atoms with Crippen LogP contribution < -0.4 is 19.5 Å². The minimum atomic E-state index is -3.81. The van der Waals surface area contributed by atoms with Crippen molar-refractivity contribution in [1.29, 1.82) is 0 Å². The molecule has 0 aliphatic rings. The summed E-state index contributed by atoms with van der Waals surface area (Å²) in [5.74, 6) is 1.29. The highest BCUT2D eigenvalue weighted by molar-refractivity contribution is 7.89. The number of sulfonamides is 1. The first-order valence-electron chi connectivity index (χ1n) is 9.43. The number of likely N-dealkylation sites (N-methyl/N-ethyl adjacent to an activating group) is 1. The van der Waals surface area contributed by atoms with Gasteiger partial charge in [0.05, 0.1) is 38.3 Å². The lowest BCUT2D eigenvalue weighted by Gasteiger charge is -2.20. The highest BCUT2D eigenvalue weighted by atomic mass is 32.2. The molecule has 9 heteroatoms. The Bertz CT molecular complexity index is 960. The zero-order valence-corrected chi connectivity index (χ0v) is 18.7. The molecular formula is C21H28N2O6S. The van der Waals surface area contributed by atoms with E-state index in [2.05, 4.69) is 5.32 Å². The van der Waals surface area contributed by atoms with Crippen LogP contribution in [0.25, 0.3) is 0 Å². The van der Waals surface area contributed by atoms with Gasteiger partial charge in [-0.15, -0.1) is 0 Å². The summed E-state index contributed by atoms with van der Waals surface area (Å²) in [5.41, 5.74) is 0.804. The van der Waals surface area contributed by atoms with Crippen LogP contribution in [0.4, 0.5) is 0 Å². The van der Waals surface area contributed by atoms with Crippen molar-refractivity contribution in [2.45, 2.75) is 24.8 Å². The molecule has 8 nitrogen and oxygen atoms in total. The second-order valence-electron chi connectivity index (χ2n) is 6.57. The number of nitrogens with one attached hydrogen (secondary N) is 1. The molecule has 0 saturated heterocycles. The lowest BCUT2D eigenvalue weighted by Crippen LogP contribution is -2.39. The average molecular weight is 437 g/mol. The van der Waals surface area contributed by atoms with Crippen molar-refractivity contribution in [1.82, 2.24) is 9.62 Å². The Morgan fingerprint density at radius 2 is 1.70 bits per heavy atom. The number of benzene rings is 2. The number of ether oxygens (including phenoxy) is 3. The fourth-order valence-corrected chi connectivity index (χ4v) is 3.96. The van der Waals surface area contributed by atoms with Gasteiger partial charge in [-0.05, 0) is 55.8 Å². The quantitative estimate of drug-likeness (QED) is 0.615. The first kappa shape index (κ1) is 23.5. The van der Waals surface area contributed by atoms with E-state index in [1.54, 1.807) is 38.3 Å². The summed E-state index contributed by atoms with van der Waals surface area (Å²) >= 11 is 0. The normalized spacial score (nSPS) is 12.3. The molecule has 0 fully saturated rings. The summed E-state index contributed by atoms with van der Waals surface area (Å²) in [5, 5.41) is 2.80. The fraction of sp³-hybridized carbons (Fsp3) is 0.381. The second kappa shape index (κ2) is 10.3. The minimum absolute atomic E-state index is 0.0918. The largest absolute Gasteiger partial charge is 0.494 e. The van der Waals surface area contributed by atoms with Gasteiger partial charge >= 0.3 is 0 Å². The Morgan fingerprint density at radius 1 is 1.07 bits per heavy atom. The van der Waals surface area contributed by atoms with Gasteiger partial charge < -0.3 is 19.5 Å². The third-order valence-corrected chi connectivity index (χ3v) is 6.31. The van der Waals surface area contributed by atoms with Crippen LogP contribution in [-0.4, -0.2) is 53.0 Å². The molecule has 2 aromatic carbocycles. The summed E-state index contributed by atoms with van der Waals surface area (Å²) in [6.07, 6.45) is 0. The van der Waals surface area contributed by atoms with E-state index < -0.39 is 15.9 Å². The SMILES string of the molecule is CCOc1ccc(S(=O)(=O)N(C)CC(=O)NC(C)c2ccc(OC)c(OC)c2)cc1. The van der Waals surface area contributed by atoms with Gasteiger partial charge in [0.15, 0.2) is 11.5 Å². The van der Waals surface area contributed by atoms with Gasteiger partial charge in [0.2, 0.25) is 15.9 Å². The van der Waals surface area contributed by atoms with Crippen molar-refractivity contribution >= 4 is 15.9 Å². The molecule has 1 N–H and O–H groups in total. The van der Waals surface area contributed by atoms with Crippen LogP contribution in [0.3, 0.4) is 0 Å². The molecular weight excluding hydrogens is 408 g/mol. The maximum atomic E-state index is 12.7. The van der Waals surface area contributed by atoms with E-state index in [9.17, 15) is 13.2 Å². The highest BCUT2D eigenvalue weighted by Crippen LogP contribution is 2.29. The number of methoxy groups -OCH3 is 2. The number of carbonyl (C=O) groups excluding carboxylic acids is 1. The third kappa shape index (κ3) is 5.64. The van der Waals surface area contributed by atoms with Crippen molar-refractivity contribution in [3.05, 3.63) is 48.0 Å². The molecule has 0 aromatic heterocycles. The standard InChI is InChI=1S/C21H28N2O6S/c1-6-29-17-8-10-18(11-9-17)30(25,26)23(3)14-21(24)22-15(2)16-7-12-19(27-4)20(13-16)28-5/h7-13,15H,6,14H2,1-5H3,(H,22,24). The molecule has 0 heterocycles. The molecule has 0 bridgehead atoms. The molecule has 1 atom stereocenters.